The van der Waals surface area contributed by atoms with Crippen LogP contribution in [0.25, 0.3) is 0 Å². The van der Waals surface area contributed by atoms with Crippen LogP contribution in [-0.2, 0) is 9.59 Å². The number of benzene rings is 3. The molecule has 0 heterocycles. The van der Waals surface area contributed by atoms with Gasteiger partial charge in [0, 0.05) is 27.9 Å². The molecule has 3 aromatic carbocycles. The molecule has 0 bridgehead atoms. The third-order valence-corrected chi connectivity index (χ3v) is 4.85. The number of hydrazone groups is 1. The Kier molecular flexibility index (Phi) is 7.67. The predicted octanol–water partition coefficient (Wildman–Crippen LogP) is 3.40. The summed E-state index contributed by atoms with van der Waals surface area (Å²) in [6, 6.07) is 16.2. The molecule has 0 aromatic heterocycles. The van der Waals surface area contributed by atoms with Crippen LogP contribution in [0.4, 0.5) is 17.1 Å². The van der Waals surface area contributed by atoms with Crippen molar-refractivity contribution in [3.8, 4) is 5.75 Å². The monoisotopic (exact) mass is 525 g/mol. The number of halogens is 1. The molecule has 34 heavy (non-hydrogen) atoms. The average Bonchev–Trinajstić information content (AvgIpc) is 2.81. The zero-order chi connectivity index (χ0) is 24.7. The van der Waals surface area contributed by atoms with Crippen LogP contribution in [0.2, 0.25) is 0 Å². The normalized spacial score (nSPS) is 10.5. The Morgan fingerprint density at radius 2 is 1.68 bits per heavy atom. The van der Waals surface area contributed by atoms with Crippen LogP contribution in [0, 0.1) is 10.1 Å². The molecule has 3 amide bonds. The standard InChI is InChI=1S/C22H16BrN5O6/c23-14-5-7-15(8-6-14)25-20(30)17-3-1-2-4-18(17)26-21(31)22(32)27-24-12-13-11-16(28(33)34)9-10-19(13)29/h1-12,29H,(H,25,30)(H,26,31)(H,27,32)/b24-12-. The highest BCUT2D eigenvalue weighted by molar-refractivity contribution is 9.10. The summed E-state index contributed by atoms with van der Waals surface area (Å²) >= 11 is 3.30. The number of anilines is 2. The van der Waals surface area contributed by atoms with Crippen molar-refractivity contribution < 1.29 is 24.4 Å². The Hall–Kier alpha value is -4.58. The van der Waals surface area contributed by atoms with Gasteiger partial charge in [-0.1, -0.05) is 28.1 Å². The first-order valence-electron chi connectivity index (χ1n) is 9.52. The summed E-state index contributed by atoms with van der Waals surface area (Å²) in [5.74, 6) is -3.08. The number of nitro benzene ring substituents is 1. The average molecular weight is 526 g/mol. The first-order valence-corrected chi connectivity index (χ1v) is 10.3. The number of hydrogen-bond acceptors (Lipinski definition) is 7. The van der Waals surface area contributed by atoms with E-state index < -0.39 is 22.6 Å². The minimum absolute atomic E-state index is 0.0372. The summed E-state index contributed by atoms with van der Waals surface area (Å²) in [5.41, 5.74) is 2.38. The summed E-state index contributed by atoms with van der Waals surface area (Å²) in [7, 11) is 0. The fourth-order valence-corrected chi connectivity index (χ4v) is 2.94. The van der Waals surface area contributed by atoms with Gasteiger partial charge in [0.15, 0.2) is 0 Å². The van der Waals surface area contributed by atoms with E-state index >= 15 is 0 Å². The van der Waals surface area contributed by atoms with Crippen molar-refractivity contribution in [1.82, 2.24) is 5.43 Å². The Morgan fingerprint density at radius 1 is 0.971 bits per heavy atom. The number of amides is 3. The van der Waals surface area contributed by atoms with Gasteiger partial charge < -0.3 is 15.7 Å². The number of phenols is 1. The number of phenolic OH excluding ortho intramolecular Hbond substituents is 1. The molecule has 0 aliphatic carbocycles. The molecule has 0 unspecified atom stereocenters. The van der Waals surface area contributed by atoms with Crippen LogP contribution in [0.5, 0.6) is 5.75 Å². The van der Waals surface area contributed by atoms with Crippen molar-refractivity contribution in [2.24, 2.45) is 5.10 Å². The fraction of sp³-hybridized carbons (Fsp3) is 0. The molecule has 0 radical (unpaired) electrons. The molecule has 0 aliphatic rings. The maximum atomic E-state index is 12.6. The molecule has 0 atom stereocenters. The molecule has 3 aromatic rings. The fourth-order valence-electron chi connectivity index (χ4n) is 2.67. The van der Waals surface area contributed by atoms with Crippen molar-refractivity contribution in [3.05, 3.63) is 92.4 Å². The van der Waals surface area contributed by atoms with Crippen molar-refractivity contribution in [2.75, 3.05) is 10.6 Å². The molecule has 0 fully saturated rings. The summed E-state index contributed by atoms with van der Waals surface area (Å²) < 4.78 is 0.840. The second kappa shape index (κ2) is 10.8. The minimum atomic E-state index is -1.16. The molecular weight excluding hydrogens is 510 g/mol. The van der Waals surface area contributed by atoms with Crippen LogP contribution >= 0.6 is 15.9 Å². The Labute approximate surface area is 200 Å². The third-order valence-electron chi connectivity index (χ3n) is 4.32. The molecule has 172 valence electrons. The molecule has 0 spiro atoms. The van der Waals surface area contributed by atoms with Gasteiger partial charge in [0.05, 0.1) is 22.4 Å². The van der Waals surface area contributed by atoms with Crippen LogP contribution in [0.15, 0.2) is 76.3 Å². The van der Waals surface area contributed by atoms with Gasteiger partial charge in [-0.05, 0) is 42.5 Å². The predicted molar refractivity (Wildman–Crippen MR) is 128 cm³/mol. The van der Waals surface area contributed by atoms with Crippen molar-refractivity contribution in [3.63, 3.8) is 0 Å². The number of carbonyl (C=O) groups excluding carboxylic acids is 3. The maximum Gasteiger partial charge on any atom is 0.329 e. The van der Waals surface area contributed by atoms with E-state index in [1.54, 1.807) is 36.4 Å². The zero-order valence-corrected chi connectivity index (χ0v) is 18.8. The lowest BCUT2D eigenvalue weighted by molar-refractivity contribution is -0.384. The SMILES string of the molecule is O=C(N/N=C\c1cc([N+](=O)[O-])ccc1O)C(=O)Nc1ccccc1C(=O)Nc1ccc(Br)cc1. The largest absolute Gasteiger partial charge is 0.507 e. The van der Waals surface area contributed by atoms with Gasteiger partial charge in [-0.25, -0.2) is 5.43 Å². The Balaban J connectivity index is 1.65. The van der Waals surface area contributed by atoms with Crippen LogP contribution < -0.4 is 16.1 Å². The van der Waals surface area contributed by atoms with E-state index in [1.165, 1.54) is 12.1 Å². The molecule has 0 saturated heterocycles. The van der Waals surface area contributed by atoms with E-state index in [-0.39, 0.29) is 28.3 Å². The lowest BCUT2D eigenvalue weighted by Crippen LogP contribution is -2.33. The maximum absolute atomic E-state index is 12.6. The molecule has 3 rings (SSSR count). The van der Waals surface area contributed by atoms with Crippen molar-refractivity contribution in [2.45, 2.75) is 0 Å². The van der Waals surface area contributed by atoms with Gasteiger partial charge >= 0.3 is 11.8 Å². The highest BCUT2D eigenvalue weighted by Crippen LogP contribution is 2.21. The van der Waals surface area contributed by atoms with E-state index in [1.807, 2.05) is 5.43 Å². The number of non-ortho nitro benzene ring substituents is 1. The first-order chi connectivity index (χ1) is 16.2. The van der Waals surface area contributed by atoms with E-state index in [0.29, 0.717) is 5.69 Å². The second-order valence-corrected chi connectivity index (χ2v) is 7.58. The molecular formula is C22H16BrN5O6. The van der Waals surface area contributed by atoms with Crippen molar-refractivity contribution >= 4 is 56.9 Å². The van der Waals surface area contributed by atoms with Gasteiger partial charge in [-0.2, -0.15) is 5.10 Å². The number of carbonyl (C=O) groups is 3. The van der Waals surface area contributed by atoms with E-state index in [0.717, 1.165) is 28.9 Å². The number of aromatic hydroxyl groups is 1. The molecule has 11 nitrogen and oxygen atoms in total. The number of nitrogens with zero attached hydrogens (tertiary/aromatic N) is 2. The highest BCUT2D eigenvalue weighted by Gasteiger charge is 2.18. The molecule has 0 aliphatic heterocycles. The smallest absolute Gasteiger partial charge is 0.329 e. The Bertz CT molecular complexity index is 1290. The summed E-state index contributed by atoms with van der Waals surface area (Å²) in [4.78, 5) is 47.2. The summed E-state index contributed by atoms with van der Waals surface area (Å²) in [6.07, 6.45) is 0.952. The van der Waals surface area contributed by atoms with Gasteiger partial charge in [0.25, 0.3) is 11.6 Å². The topological polar surface area (TPSA) is 163 Å². The lowest BCUT2D eigenvalue weighted by Gasteiger charge is -2.11. The van der Waals surface area contributed by atoms with Crippen molar-refractivity contribution in [1.29, 1.82) is 0 Å². The summed E-state index contributed by atoms with van der Waals surface area (Å²) in [5, 5.41) is 29.1. The van der Waals surface area contributed by atoms with Crippen LogP contribution in [0.1, 0.15) is 15.9 Å². The number of hydrogen-bond donors (Lipinski definition) is 4. The molecule has 0 saturated carbocycles. The van der Waals surface area contributed by atoms with E-state index in [4.69, 9.17) is 0 Å². The zero-order valence-electron chi connectivity index (χ0n) is 17.2. The Morgan fingerprint density at radius 3 is 2.38 bits per heavy atom. The highest BCUT2D eigenvalue weighted by atomic mass is 79.9. The van der Waals surface area contributed by atoms with Gasteiger partial charge in [-0.3, -0.25) is 24.5 Å². The second-order valence-electron chi connectivity index (χ2n) is 6.66. The molecule has 4 N–H and O–H groups in total. The quantitative estimate of drug-likeness (QED) is 0.167. The van der Waals surface area contributed by atoms with Crippen LogP contribution in [-0.4, -0.2) is 34.0 Å². The van der Waals surface area contributed by atoms with Gasteiger partial charge in [-0.15, -0.1) is 0 Å². The first kappa shape index (κ1) is 24.1. The third kappa shape index (κ3) is 6.23. The number of nitro groups is 1. The number of para-hydroxylation sites is 1. The number of nitrogens with one attached hydrogen (secondary N) is 3. The summed E-state index contributed by atoms with van der Waals surface area (Å²) in [6.45, 7) is 0. The number of rotatable bonds is 6. The van der Waals surface area contributed by atoms with E-state index in [2.05, 4.69) is 31.7 Å². The lowest BCUT2D eigenvalue weighted by atomic mass is 10.1. The van der Waals surface area contributed by atoms with Gasteiger partial charge in [0.1, 0.15) is 5.75 Å². The van der Waals surface area contributed by atoms with Crippen LogP contribution in [0.3, 0.4) is 0 Å². The molecule has 12 heteroatoms. The van der Waals surface area contributed by atoms with E-state index in [9.17, 15) is 29.6 Å². The van der Waals surface area contributed by atoms with Gasteiger partial charge in [0.2, 0.25) is 0 Å². The minimum Gasteiger partial charge on any atom is -0.507 e.